The van der Waals surface area contributed by atoms with Crippen LogP contribution in [0.5, 0.6) is 0 Å². The molecular weight excluding hydrogens is 248 g/mol. The maximum absolute atomic E-state index is 12.4. The van der Waals surface area contributed by atoms with E-state index in [0.29, 0.717) is 11.7 Å². The molecule has 0 bridgehead atoms. The van der Waals surface area contributed by atoms with Crippen molar-refractivity contribution in [1.29, 1.82) is 0 Å². The molecule has 0 radical (unpaired) electrons. The summed E-state index contributed by atoms with van der Waals surface area (Å²) in [7, 11) is 0. The number of nitrogens with zero attached hydrogens (tertiary/aromatic N) is 1. The molecule has 3 heteroatoms. The van der Waals surface area contributed by atoms with E-state index in [1.165, 1.54) is 12.8 Å². The maximum atomic E-state index is 12.4. The Labute approximate surface area is 119 Å². The number of aromatic nitrogens is 1. The molecule has 1 aliphatic carbocycles. The van der Waals surface area contributed by atoms with Crippen LogP contribution in [0.4, 0.5) is 0 Å². The lowest BCUT2D eigenvalue weighted by atomic mass is 9.87. The molecule has 1 amide bonds. The molecule has 1 heterocycles. The summed E-state index contributed by atoms with van der Waals surface area (Å²) in [4.78, 5) is 16.7. The van der Waals surface area contributed by atoms with Crippen LogP contribution < -0.4 is 5.32 Å². The zero-order valence-electron chi connectivity index (χ0n) is 11.8. The molecule has 1 saturated carbocycles. The number of benzene rings is 1. The Morgan fingerprint density at radius 2 is 1.90 bits per heavy atom. The van der Waals surface area contributed by atoms with Gasteiger partial charge >= 0.3 is 0 Å². The molecule has 1 aliphatic rings. The molecule has 0 atom stereocenters. The van der Waals surface area contributed by atoms with Gasteiger partial charge in [-0.1, -0.05) is 31.2 Å². The van der Waals surface area contributed by atoms with Gasteiger partial charge in [-0.05, 0) is 43.1 Å². The molecular formula is C17H20N2O. The Bertz CT molecular complexity index is 610. The van der Waals surface area contributed by atoms with Gasteiger partial charge in [0.25, 0.3) is 5.91 Å². The number of nitrogens with one attached hydrogen (secondary N) is 1. The molecule has 3 rings (SSSR count). The standard InChI is InChI=1S/C17H20N2O/c1-12-6-8-14(9-7-12)19-17(20)16-15-5-3-2-4-13(15)10-11-18-16/h2-5,10-12,14H,6-9H2,1H3,(H,19,20)/t12-,14-. The van der Waals surface area contributed by atoms with Crippen molar-refractivity contribution in [3.63, 3.8) is 0 Å². The Kier molecular flexibility index (Phi) is 3.68. The van der Waals surface area contributed by atoms with Crippen molar-refractivity contribution in [2.45, 2.75) is 38.6 Å². The molecule has 0 spiro atoms. The van der Waals surface area contributed by atoms with Crippen LogP contribution in [0.15, 0.2) is 36.5 Å². The Morgan fingerprint density at radius 3 is 2.70 bits per heavy atom. The van der Waals surface area contributed by atoms with Crippen molar-refractivity contribution in [1.82, 2.24) is 10.3 Å². The smallest absolute Gasteiger partial charge is 0.270 e. The predicted molar refractivity (Wildman–Crippen MR) is 80.6 cm³/mol. The Morgan fingerprint density at radius 1 is 1.15 bits per heavy atom. The van der Waals surface area contributed by atoms with E-state index in [0.717, 1.165) is 29.5 Å². The average molecular weight is 268 g/mol. The molecule has 2 aromatic rings. The van der Waals surface area contributed by atoms with Crippen LogP contribution in [-0.2, 0) is 0 Å². The van der Waals surface area contributed by atoms with Crippen molar-refractivity contribution in [3.8, 4) is 0 Å². The van der Waals surface area contributed by atoms with Gasteiger partial charge in [0.15, 0.2) is 0 Å². The van der Waals surface area contributed by atoms with Gasteiger partial charge in [-0.25, -0.2) is 0 Å². The van der Waals surface area contributed by atoms with Gasteiger partial charge in [-0.2, -0.15) is 0 Å². The summed E-state index contributed by atoms with van der Waals surface area (Å²) >= 11 is 0. The second kappa shape index (κ2) is 5.61. The van der Waals surface area contributed by atoms with Gasteiger partial charge in [0, 0.05) is 17.6 Å². The fourth-order valence-corrected chi connectivity index (χ4v) is 2.96. The number of pyridine rings is 1. The van der Waals surface area contributed by atoms with E-state index < -0.39 is 0 Å². The number of carbonyl (C=O) groups is 1. The number of fused-ring (bicyclic) bond motifs is 1. The van der Waals surface area contributed by atoms with Crippen LogP contribution in [0.25, 0.3) is 10.8 Å². The fourth-order valence-electron chi connectivity index (χ4n) is 2.96. The van der Waals surface area contributed by atoms with E-state index in [9.17, 15) is 4.79 Å². The fraction of sp³-hybridized carbons (Fsp3) is 0.412. The third-order valence-electron chi connectivity index (χ3n) is 4.24. The number of carbonyl (C=O) groups excluding carboxylic acids is 1. The van der Waals surface area contributed by atoms with E-state index in [1.54, 1.807) is 6.20 Å². The van der Waals surface area contributed by atoms with Crippen molar-refractivity contribution < 1.29 is 4.79 Å². The maximum Gasteiger partial charge on any atom is 0.270 e. The lowest BCUT2D eigenvalue weighted by molar-refractivity contribution is 0.0920. The molecule has 0 aliphatic heterocycles. The number of hydrogen-bond donors (Lipinski definition) is 1. The van der Waals surface area contributed by atoms with Crippen LogP contribution in [0.1, 0.15) is 43.1 Å². The lowest BCUT2D eigenvalue weighted by Crippen LogP contribution is -2.37. The molecule has 1 fully saturated rings. The summed E-state index contributed by atoms with van der Waals surface area (Å²) in [5, 5.41) is 5.13. The van der Waals surface area contributed by atoms with Crippen LogP contribution in [0.3, 0.4) is 0 Å². The number of hydrogen-bond acceptors (Lipinski definition) is 2. The highest BCUT2D eigenvalue weighted by Gasteiger charge is 2.21. The van der Waals surface area contributed by atoms with Gasteiger partial charge in [-0.3, -0.25) is 9.78 Å². The van der Waals surface area contributed by atoms with Crippen LogP contribution >= 0.6 is 0 Å². The summed E-state index contributed by atoms with van der Waals surface area (Å²) < 4.78 is 0. The Balaban J connectivity index is 1.79. The third-order valence-corrected chi connectivity index (χ3v) is 4.24. The molecule has 104 valence electrons. The van der Waals surface area contributed by atoms with Gasteiger partial charge in [0.1, 0.15) is 5.69 Å². The second-order valence-electron chi connectivity index (χ2n) is 5.81. The lowest BCUT2D eigenvalue weighted by Gasteiger charge is -2.26. The highest BCUT2D eigenvalue weighted by molar-refractivity contribution is 6.05. The quantitative estimate of drug-likeness (QED) is 0.905. The van der Waals surface area contributed by atoms with Gasteiger partial charge in [0.2, 0.25) is 0 Å². The normalized spacial score (nSPS) is 22.6. The molecule has 3 nitrogen and oxygen atoms in total. The summed E-state index contributed by atoms with van der Waals surface area (Å²) in [5.74, 6) is 0.750. The van der Waals surface area contributed by atoms with Gasteiger partial charge in [0.05, 0.1) is 0 Å². The van der Waals surface area contributed by atoms with E-state index >= 15 is 0 Å². The van der Waals surface area contributed by atoms with Crippen LogP contribution in [-0.4, -0.2) is 16.9 Å². The van der Waals surface area contributed by atoms with Gasteiger partial charge in [-0.15, -0.1) is 0 Å². The van der Waals surface area contributed by atoms with Crippen molar-refractivity contribution in [2.75, 3.05) is 0 Å². The monoisotopic (exact) mass is 268 g/mol. The highest BCUT2D eigenvalue weighted by Crippen LogP contribution is 2.24. The molecule has 20 heavy (non-hydrogen) atoms. The van der Waals surface area contributed by atoms with E-state index in [1.807, 2.05) is 30.3 Å². The van der Waals surface area contributed by atoms with E-state index in [4.69, 9.17) is 0 Å². The first kappa shape index (κ1) is 13.1. The van der Waals surface area contributed by atoms with Crippen molar-refractivity contribution in [3.05, 3.63) is 42.2 Å². The van der Waals surface area contributed by atoms with Crippen molar-refractivity contribution in [2.24, 2.45) is 5.92 Å². The molecule has 1 aromatic heterocycles. The zero-order valence-corrected chi connectivity index (χ0v) is 11.8. The second-order valence-corrected chi connectivity index (χ2v) is 5.81. The SMILES string of the molecule is C[C@H]1CC[C@H](NC(=O)c2nccc3ccccc23)CC1. The van der Waals surface area contributed by atoms with Crippen LogP contribution in [0, 0.1) is 5.92 Å². The first-order chi connectivity index (χ1) is 9.74. The third kappa shape index (κ3) is 2.67. The highest BCUT2D eigenvalue weighted by atomic mass is 16.1. The molecule has 0 saturated heterocycles. The first-order valence-electron chi connectivity index (χ1n) is 7.38. The minimum absolute atomic E-state index is 0.0404. The first-order valence-corrected chi connectivity index (χ1v) is 7.38. The van der Waals surface area contributed by atoms with E-state index in [2.05, 4.69) is 17.2 Å². The summed E-state index contributed by atoms with van der Waals surface area (Å²) in [6, 6.07) is 10.1. The molecule has 1 aromatic carbocycles. The van der Waals surface area contributed by atoms with Crippen LogP contribution in [0.2, 0.25) is 0 Å². The predicted octanol–water partition coefficient (Wildman–Crippen LogP) is 3.54. The molecule has 1 N–H and O–H groups in total. The average Bonchev–Trinajstić information content (AvgIpc) is 2.49. The minimum atomic E-state index is -0.0404. The summed E-state index contributed by atoms with van der Waals surface area (Å²) in [5.41, 5.74) is 0.543. The summed E-state index contributed by atoms with van der Waals surface area (Å²) in [6.45, 7) is 2.28. The zero-order chi connectivity index (χ0) is 13.9. The number of rotatable bonds is 2. The van der Waals surface area contributed by atoms with Gasteiger partial charge < -0.3 is 5.32 Å². The number of amides is 1. The largest absolute Gasteiger partial charge is 0.348 e. The summed E-state index contributed by atoms with van der Waals surface area (Å²) in [6.07, 6.45) is 6.28. The van der Waals surface area contributed by atoms with E-state index in [-0.39, 0.29) is 5.91 Å². The molecule has 0 unspecified atom stereocenters. The topological polar surface area (TPSA) is 42.0 Å². The Hall–Kier alpha value is -1.90. The minimum Gasteiger partial charge on any atom is -0.348 e. The van der Waals surface area contributed by atoms with Crippen molar-refractivity contribution >= 4 is 16.7 Å².